The molecule has 0 saturated heterocycles. The first kappa shape index (κ1) is 13.1. The van der Waals surface area contributed by atoms with Gasteiger partial charge < -0.3 is 10.6 Å². The van der Waals surface area contributed by atoms with Crippen molar-refractivity contribution >= 4 is 0 Å². The molecule has 1 rings (SSSR count). The number of nitrogens with one attached hydrogen (secondary N) is 2. The number of hydrogen-bond acceptors (Lipinski definition) is 3. The van der Waals surface area contributed by atoms with E-state index in [9.17, 15) is 0 Å². The molecule has 1 heterocycles. The monoisotopic (exact) mass is 221 g/mol. The van der Waals surface area contributed by atoms with Crippen LogP contribution in [0.3, 0.4) is 0 Å². The highest BCUT2D eigenvalue weighted by molar-refractivity contribution is 5.07. The summed E-state index contributed by atoms with van der Waals surface area (Å²) in [6, 6.07) is 6.32. The Morgan fingerprint density at radius 2 is 2.00 bits per heavy atom. The van der Waals surface area contributed by atoms with Crippen LogP contribution in [0.25, 0.3) is 0 Å². The van der Waals surface area contributed by atoms with Gasteiger partial charge in [-0.05, 0) is 39.8 Å². The molecule has 0 aliphatic rings. The smallest absolute Gasteiger partial charge is 0.0570 e. The Balaban J connectivity index is 2.24. The number of rotatable bonds is 5. The van der Waals surface area contributed by atoms with Crippen molar-refractivity contribution in [1.82, 2.24) is 15.6 Å². The Morgan fingerprint density at radius 1 is 1.25 bits per heavy atom. The van der Waals surface area contributed by atoms with Crippen LogP contribution in [-0.4, -0.2) is 23.6 Å². The largest absolute Gasteiger partial charge is 0.311 e. The van der Waals surface area contributed by atoms with E-state index < -0.39 is 0 Å². The quantitative estimate of drug-likeness (QED) is 0.748. The molecule has 0 bridgehead atoms. The molecule has 0 amide bonds. The third-order valence-corrected chi connectivity index (χ3v) is 2.36. The lowest BCUT2D eigenvalue weighted by atomic mass is 10.1. The summed E-state index contributed by atoms with van der Waals surface area (Å²) in [6.07, 6.45) is 1.83. The van der Waals surface area contributed by atoms with Gasteiger partial charge in [-0.1, -0.05) is 6.07 Å². The molecule has 90 valence electrons. The van der Waals surface area contributed by atoms with E-state index in [4.69, 9.17) is 0 Å². The van der Waals surface area contributed by atoms with E-state index in [2.05, 4.69) is 49.4 Å². The summed E-state index contributed by atoms with van der Waals surface area (Å²) in [4.78, 5) is 4.32. The van der Waals surface area contributed by atoms with Gasteiger partial charge in [-0.25, -0.2) is 0 Å². The van der Waals surface area contributed by atoms with Crippen molar-refractivity contribution in [2.45, 2.75) is 39.3 Å². The first-order valence-corrected chi connectivity index (χ1v) is 5.88. The van der Waals surface area contributed by atoms with Gasteiger partial charge in [0.1, 0.15) is 0 Å². The predicted octanol–water partition coefficient (Wildman–Crippen LogP) is 2.12. The minimum absolute atomic E-state index is 0.190. The standard InChI is InChI=1S/C13H23N3/c1-11(12-7-5-6-8-15-12)14-9-10-16-13(2,3)4/h5-8,11,14,16H,9-10H2,1-4H3/t11-/m1/s1. The maximum atomic E-state index is 4.32. The second-order valence-electron chi connectivity index (χ2n) is 5.11. The second-order valence-corrected chi connectivity index (χ2v) is 5.11. The van der Waals surface area contributed by atoms with E-state index in [1.807, 2.05) is 18.3 Å². The molecule has 0 aliphatic carbocycles. The molecule has 1 aromatic rings. The van der Waals surface area contributed by atoms with Crippen LogP contribution in [0.2, 0.25) is 0 Å². The van der Waals surface area contributed by atoms with Crippen molar-refractivity contribution < 1.29 is 0 Å². The summed E-state index contributed by atoms with van der Waals surface area (Å²) < 4.78 is 0. The van der Waals surface area contributed by atoms with E-state index >= 15 is 0 Å². The van der Waals surface area contributed by atoms with Gasteiger partial charge in [-0.15, -0.1) is 0 Å². The second kappa shape index (κ2) is 5.97. The lowest BCUT2D eigenvalue weighted by molar-refractivity contribution is 0.413. The Hall–Kier alpha value is -0.930. The van der Waals surface area contributed by atoms with Gasteiger partial charge in [0.15, 0.2) is 0 Å². The van der Waals surface area contributed by atoms with Crippen LogP contribution in [0.15, 0.2) is 24.4 Å². The number of aromatic nitrogens is 1. The Kier molecular flexibility index (Phi) is 4.90. The maximum Gasteiger partial charge on any atom is 0.0570 e. The molecule has 0 unspecified atom stereocenters. The van der Waals surface area contributed by atoms with Gasteiger partial charge in [0, 0.05) is 30.9 Å². The summed E-state index contributed by atoms with van der Waals surface area (Å²) in [5.41, 5.74) is 1.29. The van der Waals surface area contributed by atoms with Crippen molar-refractivity contribution in [2.24, 2.45) is 0 Å². The molecule has 0 saturated carbocycles. The Bertz CT molecular complexity index is 290. The fraction of sp³-hybridized carbons (Fsp3) is 0.615. The van der Waals surface area contributed by atoms with Crippen molar-refractivity contribution in [1.29, 1.82) is 0 Å². The highest BCUT2D eigenvalue weighted by Gasteiger charge is 2.08. The lowest BCUT2D eigenvalue weighted by Crippen LogP contribution is -2.40. The van der Waals surface area contributed by atoms with Gasteiger partial charge in [-0.3, -0.25) is 4.98 Å². The highest BCUT2D eigenvalue weighted by atomic mass is 15.0. The zero-order chi connectivity index (χ0) is 12.0. The molecule has 2 N–H and O–H groups in total. The van der Waals surface area contributed by atoms with Gasteiger partial charge in [0.05, 0.1) is 5.69 Å². The zero-order valence-electron chi connectivity index (χ0n) is 10.7. The topological polar surface area (TPSA) is 37.0 Å². The first-order valence-electron chi connectivity index (χ1n) is 5.88. The van der Waals surface area contributed by atoms with Gasteiger partial charge in [0.25, 0.3) is 0 Å². The molecule has 3 nitrogen and oxygen atoms in total. The molecular formula is C13H23N3. The molecule has 1 atom stereocenters. The van der Waals surface area contributed by atoms with Crippen LogP contribution in [0.1, 0.15) is 39.4 Å². The minimum Gasteiger partial charge on any atom is -0.311 e. The van der Waals surface area contributed by atoms with Crippen molar-refractivity contribution in [2.75, 3.05) is 13.1 Å². The zero-order valence-corrected chi connectivity index (χ0v) is 10.7. The van der Waals surface area contributed by atoms with Crippen molar-refractivity contribution in [3.8, 4) is 0 Å². The normalized spacial score (nSPS) is 13.8. The summed E-state index contributed by atoms with van der Waals surface area (Å²) in [5, 5.41) is 6.89. The SMILES string of the molecule is C[C@@H](NCCNC(C)(C)C)c1ccccn1. The van der Waals surface area contributed by atoms with Crippen LogP contribution < -0.4 is 10.6 Å². The van der Waals surface area contributed by atoms with Crippen molar-refractivity contribution in [3.63, 3.8) is 0 Å². The summed E-state index contributed by atoms with van der Waals surface area (Å²) in [6.45, 7) is 10.6. The van der Waals surface area contributed by atoms with Gasteiger partial charge >= 0.3 is 0 Å². The number of pyridine rings is 1. The minimum atomic E-state index is 0.190. The van der Waals surface area contributed by atoms with E-state index in [1.165, 1.54) is 0 Å². The fourth-order valence-electron chi connectivity index (χ4n) is 1.46. The van der Waals surface area contributed by atoms with Gasteiger partial charge in [0.2, 0.25) is 0 Å². The molecule has 0 spiro atoms. The molecule has 0 aliphatic heterocycles. The Morgan fingerprint density at radius 3 is 2.56 bits per heavy atom. The Labute approximate surface area is 98.7 Å². The lowest BCUT2D eigenvalue weighted by Gasteiger charge is -2.21. The molecule has 0 radical (unpaired) electrons. The number of hydrogen-bond donors (Lipinski definition) is 2. The molecule has 16 heavy (non-hydrogen) atoms. The van der Waals surface area contributed by atoms with Crippen LogP contribution >= 0.6 is 0 Å². The average Bonchev–Trinajstić information content (AvgIpc) is 2.24. The third kappa shape index (κ3) is 5.24. The average molecular weight is 221 g/mol. The van der Waals surface area contributed by atoms with E-state index in [1.54, 1.807) is 0 Å². The number of nitrogens with zero attached hydrogens (tertiary/aromatic N) is 1. The molecule has 1 aromatic heterocycles. The van der Waals surface area contributed by atoms with Crippen molar-refractivity contribution in [3.05, 3.63) is 30.1 Å². The predicted molar refractivity (Wildman–Crippen MR) is 68.4 cm³/mol. The molecule has 0 aromatic carbocycles. The summed E-state index contributed by atoms with van der Waals surface area (Å²) >= 11 is 0. The van der Waals surface area contributed by atoms with Crippen LogP contribution in [0, 0.1) is 0 Å². The summed E-state index contributed by atoms with van der Waals surface area (Å²) in [7, 11) is 0. The molecule has 3 heteroatoms. The van der Waals surface area contributed by atoms with E-state index in [-0.39, 0.29) is 5.54 Å². The molecule has 0 fully saturated rings. The van der Waals surface area contributed by atoms with Crippen LogP contribution in [-0.2, 0) is 0 Å². The maximum absolute atomic E-state index is 4.32. The third-order valence-electron chi connectivity index (χ3n) is 2.36. The highest BCUT2D eigenvalue weighted by Crippen LogP contribution is 2.06. The summed E-state index contributed by atoms with van der Waals surface area (Å²) in [5.74, 6) is 0. The van der Waals surface area contributed by atoms with Crippen LogP contribution in [0.4, 0.5) is 0 Å². The van der Waals surface area contributed by atoms with Gasteiger partial charge in [-0.2, -0.15) is 0 Å². The van der Waals surface area contributed by atoms with Crippen LogP contribution in [0.5, 0.6) is 0 Å². The molecular weight excluding hydrogens is 198 g/mol. The fourth-order valence-corrected chi connectivity index (χ4v) is 1.46. The van der Waals surface area contributed by atoms with E-state index in [0.717, 1.165) is 18.8 Å². The first-order chi connectivity index (χ1) is 7.49. The van der Waals surface area contributed by atoms with E-state index in [0.29, 0.717) is 6.04 Å².